The van der Waals surface area contributed by atoms with E-state index in [0.29, 0.717) is 10.9 Å². The molecule has 0 spiro atoms. The molecule has 1 aromatic heterocycles. The number of carbonyl (C=O) groups is 1. The number of fused-ring (bicyclic) bond motifs is 1. The Morgan fingerprint density at radius 2 is 1.63 bits per heavy atom. The van der Waals surface area contributed by atoms with Crippen molar-refractivity contribution in [2.45, 2.75) is 31.8 Å². The fraction of sp³-hybridized carbons (Fsp3) is 0.286. The molecule has 3 rings (SSSR count). The Hall–Kier alpha value is -2.81. The molecular weight excluding hydrogens is 417 g/mol. The lowest BCUT2D eigenvalue weighted by Crippen LogP contribution is -2.37. The van der Waals surface area contributed by atoms with Crippen molar-refractivity contribution in [3.8, 4) is 0 Å². The van der Waals surface area contributed by atoms with E-state index in [9.17, 15) is 26.4 Å². The predicted molar refractivity (Wildman–Crippen MR) is 108 cm³/mol. The molecule has 1 N–H and O–H groups in total. The molecule has 0 bridgehead atoms. The SMILES string of the molecule is CC(C)C(c1ccccc1)S(=O)(=O)NC(=O)c1cc2ccccc2n1CC(F)(F)F. The second-order valence-corrected chi connectivity index (χ2v) is 9.14. The summed E-state index contributed by atoms with van der Waals surface area (Å²) in [5.74, 6) is -1.48. The molecule has 5 nitrogen and oxygen atoms in total. The Morgan fingerprint density at radius 1 is 1.03 bits per heavy atom. The van der Waals surface area contributed by atoms with Crippen LogP contribution in [-0.2, 0) is 16.6 Å². The molecule has 0 fully saturated rings. The van der Waals surface area contributed by atoms with Crippen LogP contribution in [0.25, 0.3) is 10.9 Å². The summed E-state index contributed by atoms with van der Waals surface area (Å²) in [5, 5.41) is -0.629. The molecule has 2 aromatic carbocycles. The van der Waals surface area contributed by atoms with Gasteiger partial charge < -0.3 is 4.57 Å². The van der Waals surface area contributed by atoms with Crippen molar-refractivity contribution in [1.29, 1.82) is 0 Å². The second kappa shape index (κ2) is 8.14. The van der Waals surface area contributed by atoms with Gasteiger partial charge in [0.15, 0.2) is 0 Å². The number of nitrogens with one attached hydrogen (secondary N) is 1. The van der Waals surface area contributed by atoms with E-state index in [1.165, 1.54) is 12.1 Å². The third-order valence-corrected chi connectivity index (χ3v) is 6.64. The lowest BCUT2D eigenvalue weighted by Gasteiger charge is -2.22. The van der Waals surface area contributed by atoms with Crippen LogP contribution in [0.5, 0.6) is 0 Å². The molecule has 1 amide bonds. The fourth-order valence-corrected chi connectivity index (χ4v) is 5.28. The van der Waals surface area contributed by atoms with E-state index in [2.05, 4.69) is 0 Å². The number of hydrogen-bond acceptors (Lipinski definition) is 3. The van der Waals surface area contributed by atoms with Crippen molar-refractivity contribution < 1.29 is 26.4 Å². The highest BCUT2D eigenvalue weighted by Gasteiger charge is 2.35. The van der Waals surface area contributed by atoms with E-state index in [-0.39, 0.29) is 17.1 Å². The minimum Gasteiger partial charge on any atom is -0.327 e. The van der Waals surface area contributed by atoms with Crippen LogP contribution < -0.4 is 4.72 Å². The predicted octanol–water partition coefficient (Wildman–Crippen LogP) is 4.66. The highest BCUT2D eigenvalue weighted by atomic mass is 32.2. The number of hydrogen-bond donors (Lipinski definition) is 1. The van der Waals surface area contributed by atoms with E-state index in [1.807, 2.05) is 4.72 Å². The van der Waals surface area contributed by atoms with Crippen molar-refractivity contribution in [2.75, 3.05) is 0 Å². The van der Waals surface area contributed by atoms with Gasteiger partial charge in [-0.05, 0) is 23.6 Å². The number of benzene rings is 2. The zero-order chi connectivity index (χ0) is 22.1. The van der Waals surface area contributed by atoms with Gasteiger partial charge in [-0.15, -0.1) is 0 Å². The summed E-state index contributed by atoms with van der Waals surface area (Å²) >= 11 is 0. The molecule has 1 atom stereocenters. The zero-order valence-corrected chi connectivity index (χ0v) is 17.2. The smallest absolute Gasteiger partial charge is 0.327 e. The van der Waals surface area contributed by atoms with Crippen LogP contribution in [0, 0.1) is 5.92 Å². The topological polar surface area (TPSA) is 68.2 Å². The maximum atomic E-state index is 13.1. The summed E-state index contributed by atoms with van der Waals surface area (Å²) < 4.78 is 68.1. The number of rotatable bonds is 6. The Kier molecular flexibility index (Phi) is 5.94. The number of nitrogens with zero attached hydrogens (tertiary/aromatic N) is 1. The van der Waals surface area contributed by atoms with Gasteiger partial charge in [-0.1, -0.05) is 62.4 Å². The second-order valence-electron chi connectivity index (χ2n) is 7.34. The average Bonchev–Trinajstić information content (AvgIpc) is 2.99. The van der Waals surface area contributed by atoms with Crippen molar-refractivity contribution in [2.24, 2.45) is 5.92 Å². The normalized spacial score (nSPS) is 13.5. The Labute approximate surface area is 172 Å². The summed E-state index contributed by atoms with van der Waals surface area (Å²) in [5.41, 5.74) is 0.317. The Morgan fingerprint density at radius 3 is 2.23 bits per heavy atom. The van der Waals surface area contributed by atoms with Gasteiger partial charge in [0, 0.05) is 10.9 Å². The maximum absolute atomic E-state index is 13.1. The minimum atomic E-state index is -4.58. The third kappa shape index (κ3) is 4.67. The van der Waals surface area contributed by atoms with Crippen molar-refractivity contribution in [1.82, 2.24) is 9.29 Å². The van der Waals surface area contributed by atoms with E-state index in [4.69, 9.17) is 0 Å². The first kappa shape index (κ1) is 21.9. The van der Waals surface area contributed by atoms with E-state index in [0.717, 1.165) is 4.57 Å². The van der Waals surface area contributed by atoms with Crippen LogP contribution in [0.3, 0.4) is 0 Å². The number of carbonyl (C=O) groups excluding carboxylic acids is 1. The third-order valence-electron chi connectivity index (χ3n) is 4.68. The van der Waals surface area contributed by atoms with Gasteiger partial charge in [0.05, 0.1) is 0 Å². The van der Waals surface area contributed by atoms with Crippen LogP contribution in [0.15, 0.2) is 60.7 Å². The summed E-state index contributed by atoms with van der Waals surface area (Å²) in [7, 11) is -4.21. The van der Waals surface area contributed by atoms with Gasteiger partial charge in [-0.2, -0.15) is 13.2 Å². The van der Waals surface area contributed by atoms with Crippen LogP contribution in [-0.4, -0.2) is 25.1 Å². The van der Waals surface area contributed by atoms with Gasteiger partial charge in [0.25, 0.3) is 5.91 Å². The van der Waals surface area contributed by atoms with Crippen LogP contribution in [0.2, 0.25) is 0 Å². The average molecular weight is 438 g/mol. The summed E-state index contributed by atoms with van der Waals surface area (Å²) in [4.78, 5) is 12.8. The van der Waals surface area contributed by atoms with Gasteiger partial charge in [0.2, 0.25) is 10.0 Å². The molecule has 1 unspecified atom stereocenters. The monoisotopic (exact) mass is 438 g/mol. The Bertz CT molecular complexity index is 1150. The van der Waals surface area contributed by atoms with Gasteiger partial charge in [-0.3, -0.25) is 4.79 Å². The van der Waals surface area contributed by atoms with Crippen LogP contribution in [0.4, 0.5) is 13.2 Å². The van der Waals surface area contributed by atoms with E-state index >= 15 is 0 Å². The van der Waals surface area contributed by atoms with E-state index in [1.54, 1.807) is 62.4 Å². The number of aromatic nitrogens is 1. The first-order valence-electron chi connectivity index (χ1n) is 9.25. The zero-order valence-electron chi connectivity index (χ0n) is 16.3. The highest BCUT2D eigenvalue weighted by Crippen LogP contribution is 2.30. The summed E-state index contributed by atoms with van der Waals surface area (Å²) in [6.45, 7) is 1.99. The number of sulfonamides is 1. The molecular formula is C21H21F3N2O3S. The van der Waals surface area contributed by atoms with Crippen LogP contribution >= 0.6 is 0 Å². The van der Waals surface area contributed by atoms with Crippen molar-refractivity contribution in [3.05, 3.63) is 71.9 Å². The molecule has 0 aliphatic heterocycles. The van der Waals surface area contributed by atoms with Crippen LogP contribution in [0.1, 0.15) is 35.1 Å². The molecule has 0 aliphatic carbocycles. The number of halogens is 3. The molecule has 3 aromatic rings. The van der Waals surface area contributed by atoms with Gasteiger partial charge in [0.1, 0.15) is 17.5 Å². The summed E-state index contributed by atoms with van der Waals surface area (Å²) in [6.07, 6.45) is -4.58. The fourth-order valence-electron chi connectivity index (χ4n) is 3.56. The van der Waals surface area contributed by atoms with Gasteiger partial charge in [-0.25, -0.2) is 13.1 Å². The molecule has 160 valence electrons. The largest absolute Gasteiger partial charge is 0.406 e. The lowest BCUT2D eigenvalue weighted by atomic mass is 10.0. The Balaban J connectivity index is 2.01. The molecule has 30 heavy (non-hydrogen) atoms. The molecule has 0 saturated heterocycles. The standard InChI is InChI=1S/C21H21F3N2O3S/c1-14(2)19(15-8-4-3-5-9-15)30(28,29)25-20(27)18-12-16-10-6-7-11-17(16)26(18)13-21(22,23)24/h3-12,14,19H,13H2,1-2H3,(H,25,27). The summed E-state index contributed by atoms with van der Waals surface area (Å²) in [6, 6.07) is 15.8. The lowest BCUT2D eigenvalue weighted by molar-refractivity contribution is -0.140. The minimum absolute atomic E-state index is 0.195. The van der Waals surface area contributed by atoms with E-state index < -0.39 is 33.9 Å². The first-order chi connectivity index (χ1) is 14.0. The molecule has 0 radical (unpaired) electrons. The molecule has 0 aliphatic rings. The number of amides is 1. The quantitative estimate of drug-likeness (QED) is 0.609. The molecule has 9 heteroatoms. The molecule has 0 saturated carbocycles. The number of alkyl halides is 3. The number of para-hydroxylation sites is 1. The molecule has 1 heterocycles. The van der Waals surface area contributed by atoms with Crippen molar-refractivity contribution in [3.63, 3.8) is 0 Å². The van der Waals surface area contributed by atoms with Crippen molar-refractivity contribution >= 4 is 26.8 Å². The highest BCUT2D eigenvalue weighted by molar-refractivity contribution is 7.90. The maximum Gasteiger partial charge on any atom is 0.406 e. The van der Waals surface area contributed by atoms with Gasteiger partial charge >= 0.3 is 6.18 Å². The first-order valence-corrected chi connectivity index (χ1v) is 10.8.